The highest BCUT2D eigenvalue weighted by molar-refractivity contribution is 9.10. The fraction of sp³-hybridized carbons (Fsp3) is 0.312. The number of pyridine rings is 1. The van der Waals surface area contributed by atoms with Gasteiger partial charge in [0.1, 0.15) is 0 Å². The fourth-order valence-corrected chi connectivity index (χ4v) is 3.48. The van der Waals surface area contributed by atoms with Crippen LogP contribution < -0.4 is 9.64 Å². The zero-order chi connectivity index (χ0) is 15.7. The van der Waals surface area contributed by atoms with Crippen LogP contribution in [0.25, 0.3) is 0 Å². The first-order valence-electron chi connectivity index (χ1n) is 7.07. The summed E-state index contributed by atoms with van der Waals surface area (Å²) in [6, 6.07) is 6.16. The zero-order valence-electron chi connectivity index (χ0n) is 12.1. The lowest BCUT2D eigenvalue weighted by Gasteiger charge is -2.32. The standard InChI is InChI=1S/C16H15Br3N2O/c1-10-6-13-14(8-12(10)19)22-15-7-11(18)9-20-16(15)21(13)5-3-2-4-17/h6-9H,2-5H2,1H3. The normalized spacial score (nSPS) is 12.6. The van der Waals surface area contributed by atoms with Gasteiger partial charge in [-0.2, -0.15) is 0 Å². The minimum Gasteiger partial charge on any atom is -0.451 e. The highest BCUT2D eigenvalue weighted by Gasteiger charge is 2.26. The molecule has 1 aliphatic rings. The molecule has 0 unspecified atom stereocenters. The molecule has 0 radical (unpaired) electrons. The number of aryl methyl sites for hydroxylation is 1. The van der Waals surface area contributed by atoms with E-state index in [1.54, 1.807) is 0 Å². The van der Waals surface area contributed by atoms with Gasteiger partial charge in [-0.25, -0.2) is 4.98 Å². The van der Waals surface area contributed by atoms with E-state index in [1.165, 1.54) is 5.56 Å². The van der Waals surface area contributed by atoms with Crippen LogP contribution in [-0.2, 0) is 0 Å². The Hall–Kier alpha value is -0.590. The summed E-state index contributed by atoms with van der Waals surface area (Å²) < 4.78 is 8.03. The van der Waals surface area contributed by atoms with Crippen molar-refractivity contribution in [2.24, 2.45) is 0 Å². The number of halogens is 3. The largest absolute Gasteiger partial charge is 0.451 e. The van der Waals surface area contributed by atoms with Crippen LogP contribution in [0.5, 0.6) is 11.5 Å². The molecular weight excluding hydrogens is 476 g/mol. The highest BCUT2D eigenvalue weighted by atomic mass is 79.9. The number of benzene rings is 1. The second kappa shape index (κ2) is 6.89. The second-order valence-corrected chi connectivity index (χ2v) is 7.76. The van der Waals surface area contributed by atoms with Crippen molar-refractivity contribution in [3.05, 3.63) is 38.9 Å². The molecule has 116 valence electrons. The molecule has 0 fully saturated rings. The van der Waals surface area contributed by atoms with Crippen LogP contribution in [0.3, 0.4) is 0 Å². The van der Waals surface area contributed by atoms with Crippen LogP contribution in [0.1, 0.15) is 18.4 Å². The van der Waals surface area contributed by atoms with Crippen molar-refractivity contribution < 1.29 is 4.74 Å². The van der Waals surface area contributed by atoms with Gasteiger partial charge in [0.25, 0.3) is 0 Å². The average Bonchev–Trinajstić information content (AvgIpc) is 2.48. The Balaban J connectivity index is 2.05. The SMILES string of the molecule is Cc1cc2c(cc1Br)Oc1cc(Br)cnc1N2CCCCBr. The number of rotatable bonds is 4. The van der Waals surface area contributed by atoms with Crippen LogP contribution in [0, 0.1) is 6.92 Å². The summed E-state index contributed by atoms with van der Waals surface area (Å²) in [5.41, 5.74) is 2.27. The topological polar surface area (TPSA) is 25.4 Å². The number of hydrogen-bond acceptors (Lipinski definition) is 3. The molecule has 0 spiro atoms. The Kier molecular flexibility index (Phi) is 5.10. The number of fused-ring (bicyclic) bond motifs is 2. The minimum absolute atomic E-state index is 0.788. The van der Waals surface area contributed by atoms with E-state index in [9.17, 15) is 0 Å². The Morgan fingerprint density at radius 2 is 1.95 bits per heavy atom. The van der Waals surface area contributed by atoms with E-state index in [4.69, 9.17) is 4.74 Å². The van der Waals surface area contributed by atoms with Crippen LogP contribution in [-0.4, -0.2) is 16.9 Å². The highest BCUT2D eigenvalue weighted by Crippen LogP contribution is 2.47. The van der Waals surface area contributed by atoms with E-state index < -0.39 is 0 Å². The molecule has 6 heteroatoms. The summed E-state index contributed by atoms with van der Waals surface area (Å²) in [5, 5.41) is 1.02. The monoisotopic (exact) mass is 488 g/mol. The molecule has 1 aliphatic heterocycles. The van der Waals surface area contributed by atoms with E-state index >= 15 is 0 Å². The van der Waals surface area contributed by atoms with Crippen molar-refractivity contribution in [1.29, 1.82) is 0 Å². The molecule has 2 heterocycles. The van der Waals surface area contributed by atoms with Gasteiger partial charge in [-0.05, 0) is 53.4 Å². The predicted molar refractivity (Wildman–Crippen MR) is 101 cm³/mol. The minimum atomic E-state index is 0.788. The summed E-state index contributed by atoms with van der Waals surface area (Å²) in [7, 11) is 0. The molecule has 1 aromatic carbocycles. The summed E-state index contributed by atoms with van der Waals surface area (Å²) in [6.07, 6.45) is 4.04. The molecular formula is C16H15Br3N2O. The maximum absolute atomic E-state index is 6.06. The number of alkyl halides is 1. The molecule has 0 aliphatic carbocycles. The second-order valence-electron chi connectivity index (χ2n) is 5.19. The van der Waals surface area contributed by atoms with Gasteiger partial charge in [0.05, 0.1) is 5.69 Å². The molecule has 0 N–H and O–H groups in total. The van der Waals surface area contributed by atoms with E-state index in [0.717, 1.165) is 56.7 Å². The first kappa shape index (κ1) is 16.3. The Labute approximate surface area is 155 Å². The van der Waals surface area contributed by atoms with Crippen molar-refractivity contribution in [2.75, 3.05) is 16.8 Å². The molecule has 2 aromatic rings. The fourth-order valence-electron chi connectivity index (χ4n) is 2.46. The van der Waals surface area contributed by atoms with Gasteiger partial charge in [-0.15, -0.1) is 0 Å². The molecule has 0 atom stereocenters. The van der Waals surface area contributed by atoms with E-state index in [1.807, 2.05) is 18.3 Å². The number of nitrogens with zero attached hydrogens (tertiary/aromatic N) is 2. The van der Waals surface area contributed by atoms with Gasteiger partial charge in [-0.3, -0.25) is 0 Å². The summed E-state index contributed by atoms with van der Waals surface area (Å²) in [5.74, 6) is 2.53. The molecule has 0 bridgehead atoms. The summed E-state index contributed by atoms with van der Waals surface area (Å²) in [4.78, 5) is 6.81. The quantitative estimate of drug-likeness (QED) is 0.369. The van der Waals surface area contributed by atoms with Crippen LogP contribution >= 0.6 is 47.8 Å². The number of hydrogen-bond donors (Lipinski definition) is 0. The van der Waals surface area contributed by atoms with Gasteiger partial charge < -0.3 is 9.64 Å². The van der Waals surface area contributed by atoms with E-state index in [-0.39, 0.29) is 0 Å². The third-order valence-corrected chi connectivity index (χ3v) is 5.42. The molecule has 0 saturated carbocycles. The third kappa shape index (κ3) is 3.19. The Bertz CT molecular complexity index is 706. The van der Waals surface area contributed by atoms with E-state index in [2.05, 4.69) is 70.7 Å². The Morgan fingerprint density at radius 1 is 1.14 bits per heavy atom. The molecule has 0 amide bonds. The van der Waals surface area contributed by atoms with Crippen molar-refractivity contribution in [1.82, 2.24) is 4.98 Å². The molecule has 3 nitrogen and oxygen atoms in total. The lowest BCUT2D eigenvalue weighted by molar-refractivity contribution is 0.468. The van der Waals surface area contributed by atoms with Crippen molar-refractivity contribution in [3.8, 4) is 11.5 Å². The maximum Gasteiger partial charge on any atom is 0.176 e. The van der Waals surface area contributed by atoms with Gasteiger partial charge in [0, 0.05) is 33.1 Å². The molecule has 3 rings (SSSR count). The molecule has 1 aromatic heterocycles. The van der Waals surface area contributed by atoms with Gasteiger partial charge in [-0.1, -0.05) is 31.9 Å². The maximum atomic E-state index is 6.06. The number of anilines is 2. The Morgan fingerprint density at radius 3 is 2.73 bits per heavy atom. The van der Waals surface area contributed by atoms with Gasteiger partial charge >= 0.3 is 0 Å². The smallest absolute Gasteiger partial charge is 0.176 e. The predicted octanol–water partition coefficient (Wildman–Crippen LogP) is 6.33. The van der Waals surface area contributed by atoms with Crippen LogP contribution in [0.15, 0.2) is 33.3 Å². The number of aromatic nitrogens is 1. The van der Waals surface area contributed by atoms with Gasteiger partial charge in [0.2, 0.25) is 0 Å². The van der Waals surface area contributed by atoms with Crippen LogP contribution in [0.2, 0.25) is 0 Å². The average molecular weight is 491 g/mol. The first-order chi connectivity index (χ1) is 10.6. The lowest BCUT2D eigenvalue weighted by Crippen LogP contribution is -2.23. The summed E-state index contributed by atoms with van der Waals surface area (Å²) in [6.45, 7) is 3.01. The number of ether oxygens (including phenoxy) is 1. The van der Waals surface area contributed by atoms with E-state index in [0.29, 0.717) is 0 Å². The third-order valence-electron chi connectivity index (χ3n) is 3.57. The molecule has 0 saturated heterocycles. The van der Waals surface area contributed by atoms with Crippen molar-refractivity contribution >= 4 is 59.3 Å². The lowest BCUT2D eigenvalue weighted by atomic mass is 10.1. The summed E-state index contributed by atoms with van der Waals surface area (Å²) >= 11 is 10.5. The van der Waals surface area contributed by atoms with Crippen molar-refractivity contribution in [2.45, 2.75) is 19.8 Å². The first-order valence-corrected chi connectivity index (χ1v) is 9.78. The molecule has 22 heavy (non-hydrogen) atoms. The van der Waals surface area contributed by atoms with Crippen LogP contribution in [0.4, 0.5) is 11.5 Å². The van der Waals surface area contributed by atoms with Gasteiger partial charge in [0.15, 0.2) is 17.3 Å². The zero-order valence-corrected chi connectivity index (χ0v) is 16.8. The van der Waals surface area contributed by atoms with Crippen molar-refractivity contribution in [3.63, 3.8) is 0 Å². The number of unbranched alkanes of at least 4 members (excludes halogenated alkanes) is 1.